The fourth-order valence-electron chi connectivity index (χ4n) is 3.58. The number of methoxy groups -OCH3 is 1. The molecule has 7 heteroatoms. The number of allylic oxidation sites excluding steroid dienone is 2. The van der Waals surface area contributed by atoms with Crippen LogP contribution in [0.1, 0.15) is 33.6 Å². The minimum atomic E-state index is -0.995. The molecule has 0 spiro atoms. The smallest absolute Gasteiger partial charge is 0.341 e. The lowest BCUT2D eigenvalue weighted by molar-refractivity contribution is -0.146. The Morgan fingerprint density at radius 3 is 2.28 bits per heavy atom. The molecule has 0 saturated carbocycles. The van der Waals surface area contributed by atoms with Crippen LogP contribution < -0.4 is 5.32 Å². The van der Waals surface area contributed by atoms with Crippen molar-refractivity contribution in [3.05, 3.63) is 52.4 Å². The highest BCUT2D eigenvalue weighted by molar-refractivity contribution is 7.17. The van der Waals surface area contributed by atoms with Crippen LogP contribution >= 0.6 is 11.3 Å². The van der Waals surface area contributed by atoms with Gasteiger partial charge in [0.1, 0.15) is 10.6 Å². The lowest BCUT2D eigenvalue weighted by Crippen LogP contribution is -2.34. The van der Waals surface area contributed by atoms with E-state index in [1.807, 2.05) is 44.2 Å². The number of thiophene rings is 1. The summed E-state index contributed by atoms with van der Waals surface area (Å²) in [5.74, 6) is -3.40. The first kappa shape index (κ1) is 20.8. The zero-order valence-electron chi connectivity index (χ0n) is 16.5. The molecule has 3 rings (SSSR count). The SMILES string of the molecule is COC(=O)c1c(NC(=O)C2CC=CCC2C(=O)O)sc(C)c1-c1ccc(C)cc1. The van der Waals surface area contributed by atoms with Gasteiger partial charge < -0.3 is 15.2 Å². The first-order valence-electron chi connectivity index (χ1n) is 9.30. The molecular weight excluding hydrogens is 390 g/mol. The maximum absolute atomic E-state index is 12.9. The van der Waals surface area contributed by atoms with Gasteiger partial charge in [-0.1, -0.05) is 42.0 Å². The summed E-state index contributed by atoms with van der Waals surface area (Å²) in [5.41, 5.74) is 2.97. The Kier molecular flexibility index (Phi) is 6.17. The molecule has 0 aliphatic heterocycles. The summed E-state index contributed by atoms with van der Waals surface area (Å²) in [5, 5.41) is 12.6. The Morgan fingerprint density at radius 1 is 1.07 bits per heavy atom. The molecule has 1 aliphatic carbocycles. The normalized spacial score (nSPS) is 18.3. The molecule has 2 atom stereocenters. The van der Waals surface area contributed by atoms with Crippen molar-refractivity contribution in [1.29, 1.82) is 0 Å². The van der Waals surface area contributed by atoms with Crippen molar-refractivity contribution in [1.82, 2.24) is 0 Å². The van der Waals surface area contributed by atoms with Gasteiger partial charge in [0, 0.05) is 10.4 Å². The van der Waals surface area contributed by atoms with Crippen molar-refractivity contribution < 1.29 is 24.2 Å². The number of nitrogens with one attached hydrogen (secondary N) is 1. The number of ether oxygens (including phenoxy) is 1. The number of hydrogen-bond acceptors (Lipinski definition) is 5. The maximum atomic E-state index is 12.9. The van der Waals surface area contributed by atoms with Crippen molar-refractivity contribution in [2.24, 2.45) is 11.8 Å². The summed E-state index contributed by atoms with van der Waals surface area (Å²) in [7, 11) is 1.30. The first-order chi connectivity index (χ1) is 13.8. The van der Waals surface area contributed by atoms with Gasteiger partial charge in [-0.05, 0) is 32.3 Å². The highest BCUT2D eigenvalue weighted by Gasteiger charge is 2.35. The number of carbonyl (C=O) groups is 3. The van der Waals surface area contributed by atoms with E-state index in [-0.39, 0.29) is 0 Å². The van der Waals surface area contributed by atoms with Crippen molar-refractivity contribution in [2.45, 2.75) is 26.7 Å². The number of carbonyl (C=O) groups excluding carboxylic acids is 2. The van der Waals surface area contributed by atoms with Crippen LogP contribution in [0, 0.1) is 25.7 Å². The highest BCUT2D eigenvalue weighted by Crippen LogP contribution is 2.41. The molecule has 6 nitrogen and oxygen atoms in total. The predicted octanol–water partition coefficient (Wildman–Crippen LogP) is 4.42. The number of amides is 1. The zero-order valence-corrected chi connectivity index (χ0v) is 17.3. The second kappa shape index (κ2) is 8.61. The van der Waals surface area contributed by atoms with Crippen LogP contribution in [-0.2, 0) is 14.3 Å². The van der Waals surface area contributed by atoms with Gasteiger partial charge in [0.2, 0.25) is 5.91 Å². The molecule has 152 valence electrons. The third-order valence-corrected chi connectivity index (χ3v) is 6.16. The molecular formula is C22H23NO5S. The fraction of sp³-hybridized carbons (Fsp3) is 0.318. The molecule has 1 aromatic heterocycles. The summed E-state index contributed by atoms with van der Waals surface area (Å²) in [6.45, 7) is 3.86. The van der Waals surface area contributed by atoms with Crippen LogP contribution in [0.25, 0.3) is 11.1 Å². The van der Waals surface area contributed by atoms with Gasteiger partial charge in [-0.3, -0.25) is 9.59 Å². The second-order valence-corrected chi connectivity index (χ2v) is 8.30. The second-order valence-electron chi connectivity index (χ2n) is 7.08. The van der Waals surface area contributed by atoms with Crippen molar-refractivity contribution in [3.63, 3.8) is 0 Å². The first-order valence-corrected chi connectivity index (χ1v) is 10.1. The number of carboxylic acids is 1. The Bertz CT molecular complexity index is 974. The molecule has 0 saturated heterocycles. The van der Waals surface area contributed by atoms with Crippen molar-refractivity contribution >= 4 is 34.2 Å². The average molecular weight is 413 g/mol. The molecule has 0 fully saturated rings. The largest absolute Gasteiger partial charge is 0.481 e. The highest BCUT2D eigenvalue weighted by atomic mass is 32.1. The van der Waals surface area contributed by atoms with Gasteiger partial charge >= 0.3 is 11.9 Å². The average Bonchev–Trinajstić information content (AvgIpc) is 3.03. The van der Waals surface area contributed by atoms with Crippen LogP contribution in [0.2, 0.25) is 0 Å². The van der Waals surface area contributed by atoms with Gasteiger partial charge in [0.15, 0.2) is 0 Å². The predicted molar refractivity (Wildman–Crippen MR) is 112 cm³/mol. The van der Waals surface area contributed by atoms with E-state index in [0.29, 0.717) is 23.4 Å². The third-order valence-electron chi connectivity index (χ3n) is 5.14. The number of hydrogen-bond donors (Lipinski definition) is 2. The van der Waals surface area contributed by atoms with Gasteiger partial charge in [0.25, 0.3) is 0 Å². The minimum Gasteiger partial charge on any atom is -0.481 e. The van der Waals surface area contributed by atoms with Gasteiger partial charge in [-0.25, -0.2) is 4.79 Å². The molecule has 29 heavy (non-hydrogen) atoms. The van der Waals surface area contributed by atoms with Crippen LogP contribution in [0.5, 0.6) is 0 Å². The van der Waals surface area contributed by atoms with E-state index < -0.39 is 29.7 Å². The standard InChI is InChI=1S/C22H23NO5S/c1-12-8-10-14(11-9-12)17-13(2)29-20(18(17)22(27)28-3)23-19(24)15-6-4-5-7-16(15)21(25)26/h4-5,8-11,15-16H,6-7H2,1-3H3,(H,23,24)(H,25,26). The lowest BCUT2D eigenvalue weighted by Gasteiger charge is -2.24. The number of carboxylic acid groups (broad SMARTS) is 1. The van der Waals surface area contributed by atoms with Gasteiger partial charge in [0.05, 0.1) is 18.9 Å². The van der Waals surface area contributed by atoms with E-state index in [1.165, 1.54) is 18.4 Å². The molecule has 1 aromatic carbocycles. The summed E-state index contributed by atoms with van der Waals surface area (Å²) < 4.78 is 4.97. The number of benzene rings is 1. The van der Waals surface area contributed by atoms with Crippen molar-refractivity contribution in [3.8, 4) is 11.1 Å². The number of aliphatic carboxylic acids is 1. The summed E-state index contributed by atoms with van der Waals surface area (Å²) in [6, 6.07) is 7.76. The summed E-state index contributed by atoms with van der Waals surface area (Å²) >= 11 is 1.29. The van der Waals surface area contributed by atoms with E-state index in [1.54, 1.807) is 6.08 Å². The van der Waals surface area contributed by atoms with Gasteiger partial charge in [-0.2, -0.15) is 0 Å². The van der Waals surface area contributed by atoms with E-state index in [0.717, 1.165) is 21.6 Å². The van der Waals surface area contributed by atoms with Crippen LogP contribution in [-0.4, -0.2) is 30.1 Å². The van der Waals surface area contributed by atoms with E-state index in [2.05, 4.69) is 5.32 Å². The number of rotatable bonds is 5. The topological polar surface area (TPSA) is 92.7 Å². The Balaban J connectivity index is 1.99. The third kappa shape index (κ3) is 4.24. The van der Waals surface area contributed by atoms with E-state index in [9.17, 15) is 19.5 Å². The number of aryl methyl sites for hydroxylation is 2. The van der Waals surface area contributed by atoms with Crippen LogP contribution in [0.15, 0.2) is 36.4 Å². The molecule has 1 heterocycles. The number of esters is 1. The summed E-state index contributed by atoms with van der Waals surface area (Å²) in [6.07, 6.45) is 4.27. The molecule has 1 amide bonds. The molecule has 2 unspecified atom stereocenters. The van der Waals surface area contributed by atoms with Crippen LogP contribution in [0.4, 0.5) is 5.00 Å². The van der Waals surface area contributed by atoms with E-state index in [4.69, 9.17) is 4.74 Å². The summed E-state index contributed by atoms with van der Waals surface area (Å²) in [4.78, 5) is 37.9. The monoisotopic (exact) mass is 413 g/mol. The lowest BCUT2D eigenvalue weighted by atomic mass is 9.82. The zero-order chi connectivity index (χ0) is 21.1. The minimum absolute atomic E-state index is 0.297. The van der Waals surface area contributed by atoms with Gasteiger partial charge in [-0.15, -0.1) is 11.3 Å². The molecule has 0 radical (unpaired) electrons. The number of anilines is 1. The molecule has 0 bridgehead atoms. The molecule has 2 N–H and O–H groups in total. The Hall–Kier alpha value is -2.93. The maximum Gasteiger partial charge on any atom is 0.341 e. The Morgan fingerprint density at radius 2 is 1.69 bits per heavy atom. The molecule has 1 aliphatic rings. The quantitative estimate of drug-likeness (QED) is 0.559. The molecule has 2 aromatic rings. The Labute approximate surface area is 173 Å². The van der Waals surface area contributed by atoms with Crippen molar-refractivity contribution in [2.75, 3.05) is 12.4 Å². The van der Waals surface area contributed by atoms with E-state index >= 15 is 0 Å². The van der Waals surface area contributed by atoms with Crippen LogP contribution in [0.3, 0.4) is 0 Å². The fourth-order valence-corrected chi connectivity index (χ4v) is 4.65.